The van der Waals surface area contributed by atoms with Gasteiger partial charge in [0.05, 0.1) is 19.4 Å². The topological polar surface area (TPSA) is 52.6 Å². The van der Waals surface area contributed by atoms with Gasteiger partial charge in [-0.05, 0) is 12.5 Å². The first-order chi connectivity index (χ1) is 16.9. The van der Waals surface area contributed by atoms with E-state index < -0.39 is 47.4 Å². The summed E-state index contributed by atoms with van der Waals surface area (Å²) in [5.41, 5.74) is -0.630. The molecule has 0 unspecified atom stereocenters. The second-order valence-corrected chi connectivity index (χ2v) is 8.94. The monoisotopic (exact) mass is 504 g/mol. The third-order valence-corrected chi connectivity index (χ3v) is 5.86. The van der Waals surface area contributed by atoms with Gasteiger partial charge < -0.3 is 9.47 Å². The van der Waals surface area contributed by atoms with Gasteiger partial charge in [-0.3, -0.25) is 9.59 Å². The fourth-order valence-electron chi connectivity index (χ4n) is 3.72. The number of halogens is 4. The van der Waals surface area contributed by atoms with Crippen LogP contribution in [0, 0.1) is 23.3 Å². The summed E-state index contributed by atoms with van der Waals surface area (Å²) >= 11 is 0. The minimum Gasteiger partial charge on any atom is -0.466 e. The van der Waals surface area contributed by atoms with Gasteiger partial charge in [-0.1, -0.05) is 90.4 Å². The van der Waals surface area contributed by atoms with Crippen molar-refractivity contribution in [2.45, 2.75) is 116 Å². The molecule has 0 aliphatic rings. The molecule has 0 spiro atoms. The Balaban J connectivity index is 1.97. The molecule has 0 saturated carbocycles. The number of ether oxygens (including phenoxy) is 2. The molecule has 200 valence electrons. The molecule has 0 heterocycles. The van der Waals surface area contributed by atoms with Crippen LogP contribution in [0.1, 0.15) is 115 Å². The van der Waals surface area contributed by atoms with Crippen molar-refractivity contribution < 1.29 is 36.6 Å². The van der Waals surface area contributed by atoms with Crippen molar-refractivity contribution in [3.63, 3.8) is 0 Å². The third kappa shape index (κ3) is 14.1. The van der Waals surface area contributed by atoms with Crippen molar-refractivity contribution in [1.82, 2.24) is 0 Å². The lowest BCUT2D eigenvalue weighted by atomic mass is 10.0. The number of benzene rings is 1. The summed E-state index contributed by atoms with van der Waals surface area (Å²) in [5, 5.41) is 0. The Labute approximate surface area is 206 Å². The fraction of sp³-hybridized carbons (Fsp3) is 0.704. The number of rotatable bonds is 20. The fourth-order valence-corrected chi connectivity index (χ4v) is 3.72. The maximum absolute atomic E-state index is 13.5. The van der Waals surface area contributed by atoms with Crippen LogP contribution < -0.4 is 0 Å². The van der Waals surface area contributed by atoms with Gasteiger partial charge >= 0.3 is 11.9 Å². The molecule has 1 rings (SSSR count). The molecular formula is C27H40F4O4. The number of carbonyl (C=O) groups is 2. The van der Waals surface area contributed by atoms with E-state index in [0.29, 0.717) is 6.07 Å². The molecule has 35 heavy (non-hydrogen) atoms. The smallest absolute Gasteiger partial charge is 0.306 e. The van der Waals surface area contributed by atoms with Crippen molar-refractivity contribution in [2.24, 2.45) is 0 Å². The van der Waals surface area contributed by atoms with Gasteiger partial charge in [0.15, 0.2) is 23.3 Å². The molecule has 0 N–H and O–H groups in total. The molecular weight excluding hydrogens is 464 g/mol. The number of esters is 2. The van der Waals surface area contributed by atoms with Gasteiger partial charge in [-0.15, -0.1) is 0 Å². The summed E-state index contributed by atoms with van der Waals surface area (Å²) < 4.78 is 62.6. The zero-order chi connectivity index (χ0) is 25.9. The van der Waals surface area contributed by atoms with Gasteiger partial charge in [0.1, 0.15) is 6.61 Å². The molecule has 0 aliphatic carbocycles. The zero-order valence-corrected chi connectivity index (χ0v) is 21.0. The number of carbonyl (C=O) groups excluding carboxylic acids is 2. The van der Waals surface area contributed by atoms with E-state index in [4.69, 9.17) is 9.47 Å². The molecule has 0 atom stereocenters. The molecule has 0 fully saturated rings. The highest BCUT2D eigenvalue weighted by Gasteiger charge is 2.20. The minimum absolute atomic E-state index is 0.216. The van der Waals surface area contributed by atoms with Crippen LogP contribution in [0.15, 0.2) is 6.07 Å². The molecule has 1 aromatic rings. The molecule has 1 aromatic carbocycles. The Morgan fingerprint density at radius 1 is 0.629 bits per heavy atom. The lowest BCUT2D eigenvalue weighted by Gasteiger charge is -2.08. The summed E-state index contributed by atoms with van der Waals surface area (Å²) in [6, 6.07) is 0.422. The maximum atomic E-state index is 13.5. The van der Waals surface area contributed by atoms with Gasteiger partial charge in [0.2, 0.25) is 0 Å². The Bertz CT molecular complexity index is 755. The van der Waals surface area contributed by atoms with E-state index in [9.17, 15) is 27.2 Å². The Morgan fingerprint density at radius 3 is 1.60 bits per heavy atom. The summed E-state index contributed by atoms with van der Waals surface area (Å²) in [6.45, 7) is 1.75. The van der Waals surface area contributed by atoms with Crippen LogP contribution in [-0.4, -0.2) is 18.5 Å². The van der Waals surface area contributed by atoms with E-state index in [1.807, 2.05) is 0 Å². The average molecular weight is 505 g/mol. The van der Waals surface area contributed by atoms with Crippen molar-refractivity contribution >= 4 is 11.9 Å². The van der Waals surface area contributed by atoms with E-state index >= 15 is 0 Å². The SMILES string of the molecule is CCCCCCCCCCCCCCCCOC(=O)CCC(=O)OCc1cc(F)c(F)c(F)c1F. The predicted octanol–water partition coefficient (Wildman–Crippen LogP) is 8.09. The lowest BCUT2D eigenvalue weighted by Crippen LogP contribution is -2.12. The molecule has 8 heteroatoms. The summed E-state index contributed by atoms with van der Waals surface area (Å²) in [4.78, 5) is 23.4. The van der Waals surface area contributed by atoms with Crippen LogP contribution in [0.4, 0.5) is 17.6 Å². The van der Waals surface area contributed by atoms with Gasteiger partial charge in [0.25, 0.3) is 0 Å². The van der Waals surface area contributed by atoms with E-state index in [1.54, 1.807) is 0 Å². The van der Waals surface area contributed by atoms with E-state index in [-0.39, 0.29) is 19.4 Å². The van der Waals surface area contributed by atoms with Crippen LogP contribution in [0.25, 0.3) is 0 Å². The van der Waals surface area contributed by atoms with Crippen molar-refractivity contribution in [1.29, 1.82) is 0 Å². The molecule has 4 nitrogen and oxygen atoms in total. The molecule has 0 aliphatic heterocycles. The number of unbranched alkanes of at least 4 members (excludes halogenated alkanes) is 13. The highest BCUT2D eigenvalue weighted by molar-refractivity contribution is 5.77. The maximum Gasteiger partial charge on any atom is 0.306 e. The largest absolute Gasteiger partial charge is 0.466 e. The highest BCUT2D eigenvalue weighted by atomic mass is 19.2. The second kappa shape index (κ2) is 19.1. The molecule has 0 aromatic heterocycles. The first-order valence-corrected chi connectivity index (χ1v) is 13.0. The van der Waals surface area contributed by atoms with Crippen LogP contribution in [0.2, 0.25) is 0 Å². The molecule has 0 amide bonds. The summed E-state index contributed by atoms with van der Waals surface area (Å²) in [6.07, 6.45) is 16.7. The minimum atomic E-state index is -1.97. The van der Waals surface area contributed by atoms with Crippen molar-refractivity contribution in [3.05, 3.63) is 34.9 Å². The van der Waals surface area contributed by atoms with Gasteiger partial charge in [-0.25, -0.2) is 17.6 Å². The first-order valence-electron chi connectivity index (χ1n) is 13.0. The molecule has 0 bridgehead atoms. The van der Waals surface area contributed by atoms with E-state index in [2.05, 4.69) is 6.92 Å². The zero-order valence-electron chi connectivity index (χ0n) is 21.0. The quantitative estimate of drug-likeness (QED) is 0.0592. The third-order valence-electron chi connectivity index (χ3n) is 5.86. The standard InChI is InChI=1S/C27H40F4O4/c1-2-3-4-5-6-7-8-9-10-11-12-13-14-15-18-34-23(32)16-17-24(33)35-20-21-19-22(28)26(30)27(31)25(21)29/h19H,2-18,20H2,1H3. The van der Waals surface area contributed by atoms with E-state index in [1.165, 1.54) is 70.6 Å². The van der Waals surface area contributed by atoms with Crippen molar-refractivity contribution in [2.75, 3.05) is 6.61 Å². The number of hydrogen-bond acceptors (Lipinski definition) is 4. The van der Waals surface area contributed by atoms with Gasteiger partial charge in [0, 0.05) is 5.56 Å². The molecule has 0 radical (unpaired) electrons. The Hall–Kier alpha value is -2.12. The summed E-state index contributed by atoms with van der Waals surface area (Å²) in [5.74, 6) is -8.52. The average Bonchev–Trinajstić information content (AvgIpc) is 2.85. The van der Waals surface area contributed by atoms with Crippen LogP contribution in [0.5, 0.6) is 0 Å². The predicted molar refractivity (Wildman–Crippen MR) is 127 cm³/mol. The van der Waals surface area contributed by atoms with Crippen molar-refractivity contribution in [3.8, 4) is 0 Å². The Morgan fingerprint density at radius 2 is 1.09 bits per heavy atom. The second-order valence-electron chi connectivity index (χ2n) is 8.94. The van der Waals surface area contributed by atoms with Crippen LogP contribution >= 0.6 is 0 Å². The van der Waals surface area contributed by atoms with Gasteiger partial charge in [-0.2, -0.15) is 0 Å². The van der Waals surface area contributed by atoms with Crippen LogP contribution in [-0.2, 0) is 25.7 Å². The lowest BCUT2D eigenvalue weighted by molar-refractivity contribution is -0.151. The van der Waals surface area contributed by atoms with Crippen LogP contribution in [0.3, 0.4) is 0 Å². The first kappa shape index (κ1) is 30.9. The Kier molecular flexibility index (Phi) is 16.9. The number of hydrogen-bond donors (Lipinski definition) is 0. The summed E-state index contributed by atoms with van der Waals surface area (Å²) in [7, 11) is 0. The molecule has 0 saturated heterocycles. The normalized spacial score (nSPS) is 11.0. The highest BCUT2D eigenvalue weighted by Crippen LogP contribution is 2.19. The van der Waals surface area contributed by atoms with E-state index in [0.717, 1.165) is 19.3 Å².